The third-order valence-electron chi connectivity index (χ3n) is 5.02. The number of rotatable bonds is 4. The molecular weight excluding hydrogens is 316 g/mol. The van der Waals surface area contributed by atoms with Crippen LogP contribution in [0.15, 0.2) is 79.0 Å². The van der Waals surface area contributed by atoms with E-state index in [9.17, 15) is 0 Å². The van der Waals surface area contributed by atoms with Gasteiger partial charge in [0.15, 0.2) is 0 Å². The van der Waals surface area contributed by atoms with Crippen LogP contribution in [0, 0.1) is 6.92 Å². The predicted octanol–water partition coefficient (Wildman–Crippen LogP) is 5.35. The normalized spacial score (nSPS) is 14.9. The molecule has 0 fully saturated rings. The lowest BCUT2D eigenvalue weighted by atomic mass is 9.99. The molecule has 1 aromatic heterocycles. The molecule has 130 valence electrons. The molecule has 2 aromatic carbocycles. The third kappa shape index (κ3) is 3.92. The number of hydrogen-bond donors (Lipinski definition) is 0. The van der Waals surface area contributed by atoms with Crippen molar-refractivity contribution in [2.24, 2.45) is 0 Å². The lowest BCUT2D eigenvalue weighted by Gasteiger charge is -2.26. The number of aromatic nitrogens is 1. The molecule has 26 heavy (non-hydrogen) atoms. The van der Waals surface area contributed by atoms with Crippen LogP contribution in [0.3, 0.4) is 0 Å². The van der Waals surface area contributed by atoms with E-state index in [0.29, 0.717) is 0 Å². The molecule has 0 bridgehead atoms. The average molecular weight is 340 g/mol. The summed E-state index contributed by atoms with van der Waals surface area (Å²) in [5, 5.41) is 0. The minimum absolute atomic E-state index is 0.901. The van der Waals surface area contributed by atoms with Crippen molar-refractivity contribution in [3.63, 3.8) is 0 Å². The summed E-state index contributed by atoms with van der Waals surface area (Å²) < 4.78 is 0. The van der Waals surface area contributed by atoms with Gasteiger partial charge in [-0.2, -0.15) is 0 Å². The molecule has 1 aliphatic heterocycles. The molecule has 0 spiro atoms. The summed E-state index contributed by atoms with van der Waals surface area (Å²) in [4.78, 5) is 7.06. The Morgan fingerprint density at radius 1 is 0.885 bits per heavy atom. The van der Waals surface area contributed by atoms with Gasteiger partial charge < -0.3 is 0 Å². The standard InChI is InChI=1S/C24H24N2/c1-19-7-9-21(10-8-19)23-11-14-25-24(17-23)18-26-15-12-22(13-16-26)20-5-3-2-4-6-20/h2-12,14,17H,13,15-16,18H2,1H3. The molecule has 3 aromatic rings. The van der Waals surface area contributed by atoms with Crippen molar-refractivity contribution in [1.82, 2.24) is 9.88 Å². The molecule has 0 saturated heterocycles. The van der Waals surface area contributed by atoms with E-state index in [1.54, 1.807) is 0 Å². The Bertz CT molecular complexity index is 895. The van der Waals surface area contributed by atoms with E-state index in [4.69, 9.17) is 0 Å². The van der Waals surface area contributed by atoms with Crippen molar-refractivity contribution in [3.05, 3.63) is 95.8 Å². The molecule has 0 saturated carbocycles. The number of aryl methyl sites for hydroxylation is 1. The van der Waals surface area contributed by atoms with E-state index in [1.165, 1.54) is 27.8 Å². The maximum Gasteiger partial charge on any atom is 0.0550 e. The Balaban J connectivity index is 1.45. The summed E-state index contributed by atoms with van der Waals surface area (Å²) in [6, 6.07) is 23.7. The van der Waals surface area contributed by atoms with Gasteiger partial charge in [-0.1, -0.05) is 66.2 Å². The topological polar surface area (TPSA) is 16.1 Å². The maximum atomic E-state index is 4.59. The molecule has 0 radical (unpaired) electrons. The van der Waals surface area contributed by atoms with Gasteiger partial charge in [0.25, 0.3) is 0 Å². The van der Waals surface area contributed by atoms with Crippen molar-refractivity contribution >= 4 is 5.57 Å². The molecule has 0 atom stereocenters. The van der Waals surface area contributed by atoms with Crippen molar-refractivity contribution in [1.29, 1.82) is 0 Å². The van der Waals surface area contributed by atoms with Crippen LogP contribution in [0.2, 0.25) is 0 Å². The summed E-state index contributed by atoms with van der Waals surface area (Å²) in [6.45, 7) is 5.09. The number of nitrogens with zero attached hydrogens (tertiary/aromatic N) is 2. The number of hydrogen-bond acceptors (Lipinski definition) is 2. The van der Waals surface area contributed by atoms with Crippen molar-refractivity contribution in [3.8, 4) is 11.1 Å². The van der Waals surface area contributed by atoms with E-state index >= 15 is 0 Å². The Morgan fingerprint density at radius 3 is 2.42 bits per heavy atom. The van der Waals surface area contributed by atoms with Crippen molar-refractivity contribution < 1.29 is 0 Å². The lowest BCUT2D eigenvalue weighted by molar-refractivity contribution is 0.290. The fourth-order valence-electron chi connectivity index (χ4n) is 3.49. The van der Waals surface area contributed by atoms with Gasteiger partial charge in [-0.05, 0) is 47.7 Å². The van der Waals surface area contributed by atoms with Crippen LogP contribution in [0.4, 0.5) is 0 Å². The van der Waals surface area contributed by atoms with Gasteiger partial charge >= 0.3 is 0 Å². The van der Waals surface area contributed by atoms with Crippen LogP contribution < -0.4 is 0 Å². The summed E-state index contributed by atoms with van der Waals surface area (Å²) in [5.41, 5.74) is 7.74. The lowest BCUT2D eigenvalue weighted by Crippen LogP contribution is -2.28. The molecular formula is C24H24N2. The zero-order valence-electron chi connectivity index (χ0n) is 15.2. The minimum Gasteiger partial charge on any atom is -0.294 e. The van der Waals surface area contributed by atoms with Gasteiger partial charge in [0.1, 0.15) is 0 Å². The van der Waals surface area contributed by atoms with Gasteiger partial charge in [0.2, 0.25) is 0 Å². The van der Waals surface area contributed by atoms with Crippen LogP contribution in [-0.2, 0) is 6.54 Å². The van der Waals surface area contributed by atoms with E-state index in [2.05, 4.69) is 89.6 Å². The average Bonchev–Trinajstić information content (AvgIpc) is 2.70. The summed E-state index contributed by atoms with van der Waals surface area (Å²) in [5.74, 6) is 0. The second-order valence-electron chi connectivity index (χ2n) is 6.98. The Labute approximate surface area is 155 Å². The first-order valence-corrected chi connectivity index (χ1v) is 9.27. The van der Waals surface area contributed by atoms with Gasteiger partial charge in [0.05, 0.1) is 5.69 Å². The Morgan fingerprint density at radius 2 is 1.69 bits per heavy atom. The van der Waals surface area contributed by atoms with E-state index < -0.39 is 0 Å². The molecule has 2 heterocycles. The van der Waals surface area contributed by atoms with Crippen molar-refractivity contribution in [2.45, 2.75) is 19.9 Å². The van der Waals surface area contributed by atoms with Gasteiger partial charge in [0, 0.05) is 25.8 Å². The molecule has 0 N–H and O–H groups in total. The highest BCUT2D eigenvalue weighted by Gasteiger charge is 2.14. The number of pyridine rings is 1. The highest BCUT2D eigenvalue weighted by molar-refractivity contribution is 5.66. The van der Waals surface area contributed by atoms with Crippen molar-refractivity contribution in [2.75, 3.05) is 13.1 Å². The van der Waals surface area contributed by atoms with Gasteiger partial charge in [-0.3, -0.25) is 9.88 Å². The fraction of sp³-hybridized carbons (Fsp3) is 0.208. The second-order valence-corrected chi connectivity index (χ2v) is 6.98. The van der Waals surface area contributed by atoms with Crippen LogP contribution in [0.25, 0.3) is 16.7 Å². The van der Waals surface area contributed by atoms with Crippen LogP contribution in [0.5, 0.6) is 0 Å². The largest absolute Gasteiger partial charge is 0.294 e. The molecule has 0 amide bonds. The Hall–Kier alpha value is -2.71. The van der Waals surface area contributed by atoms with Crippen LogP contribution >= 0.6 is 0 Å². The molecule has 4 rings (SSSR count). The van der Waals surface area contributed by atoms with E-state index in [0.717, 1.165) is 31.7 Å². The summed E-state index contributed by atoms with van der Waals surface area (Å²) in [6.07, 6.45) is 5.39. The van der Waals surface area contributed by atoms with Crippen LogP contribution in [0.1, 0.15) is 23.2 Å². The van der Waals surface area contributed by atoms with Crippen LogP contribution in [-0.4, -0.2) is 23.0 Å². The molecule has 2 nitrogen and oxygen atoms in total. The summed E-state index contributed by atoms with van der Waals surface area (Å²) >= 11 is 0. The monoisotopic (exact) mass is 340 g/mol. The summed E-state index contributed by atoms with van der Waals surface area (Å²) in [7, 11) is 0. The predicted molar refractivity (Wildman–Crippen MR) is 109 cm³/mol. The maximum absolute atomic E-state index is 4.59. The van der Waals surface area contributed by atoms with Gasteiger partial charge in [-0.25, -0.2) is 0 Å². The third-order valence-corrected chi connectivity index (χ3v) is 5.02. The minimum atomic E-state index is 0.901. The Kier molecular flexibility index (Phi) is 4.94. The first kappa shape index (κ1) is 16.7. The molecule has 2 heteroatoms. The van der Waals surface area contributed by atoms with E-state index in [-0.39, 0.29) is 0 Å². The smallest absolute Gasteiger partial charge is 0.0550 e. The highest BCUT2D eigenvalue weighted by atomic mass is 15.1. The molecule has 0 unspecified atom stereocenters. The first-order chi connectivity index (χ1) is 12.8. The quantitative estimate of drug-likeness (QED) is 0.637. The number of benzene rings is 2. The second kappa shape index (κ2) is 7.67. The SMILES string of the molecule is Cc1ccc(-c2ccnc(CN3CC=C(c4ccccc4)CC3)c2)cc1. The zero-order valence-corrected chi connectivity index (χ0v) is 15.2. The molecule has 1 aliphatic rings. The fourth-order valence-corrected chi connectivity index (χ4v) is 3.49. The van der Waals surface area contributed by atoms with E-state index in [1.807, 2.05) is 6.20 Å². The zero-order chi connectivity index (χ0) is 17.8. The van der Waals surface area contributed by atoms with Gasteiger partial charge in [-0.15, -0.1) is 0 Å². The first-order valence-electron chi connectivity index (χ1n) is 9.27. The molecule has 0 aliphatic carbocycles. The highest BCUT2D eigenvalue weighted by Crippen LogP contribution is 2.24.